The molecule has 0 unspecified atom stereocenters. The van der Waals surface area contributed by atoms with Crippen LogP contribution in [0.3, 0.4) is 0 Å². The Bertz CT molecular complexity index is 646. The molecule has 1 aliphatic carbocycles. The molecule has 0 spiro atoms. The van der Waals surface area contributed by atoms with Crippen molar-refractivity contribution >= 4 is 11.5 Å². The SMILES string of the molecule is NCc1cccc(Nc2nccn(C3CC3)c2=O)c1. The molecule has 3 rings (SSSR count). The number of nitrogens with one attached hydrogen (secondary N) is 1. The normalized spacial score (nSPS) is 14.4. The van der Waals surface area contributed by atoms with Crippen LogP contribution in [0.1, 0.15) is 24.4 Å². The first-order chi connectivity index (χ1) is 9.28. The summed E-state index contributed by atoms with van der Waals surface area (Å²) >= 11 is 0. The van der Waals surface area contributed by atoms with Gasteiger partial charge in [-0.1, -0.05) is 12.1 Å². The maximum atomic E-state index is 12.2. The molecule has 5 heteroatoms. The van der Waals surface area contributed by atoms with Crippen LogP contribution in [0.15, 0.2) is 41.5 Å². The molecule has 1 saturated carbocycles. The van der Waals surface area contributed by atoms with Crippen LogP contribution in [-0.2, 0) is 6.54 Å². The van der Waals surface area contributed by atoms with E-state index in [1.165, 1.54) is 0 Å². The molecule has 0 atom stereocenters. The van der Waals surface area contributed by atoms with Crippen molar-refractivity contribution in [3.63, 3.8) is 0 Å². The maximum Gasteiger partial charge on any atom is 0.293 e. The Morgan fingerprint density at radius 1 is 1.42 bits per heavy atom. The van der Waals surface area contributed by atoms with Gasteiger partial charge in [0.25, 0.3) is 5.56 Å². The highest BCUT2D eigenvalue weighted by Gasteiger charge is 2.25. The maximum absolute atomic E-state index is 12.2. The molecule has 19 heavy (non-hydrogen) atoms. The predicted molar refractivity (Wildman–Crippen MR) is 74.4 cm³/mol. The van der Waals surface area contributed by atoms with Crippen LogP contribution in [0.5, 0.6) is 0 Å². The van der Waals surface area contributed by atoms with Gasteiger partial charge in [-0.2, -0.15) is 0 Å². The van der Waals surface area contributed by atoms with E-state index in [4.69, 9.17) is 5.73 Å². The van der Waals surface area contributed by atoms with Gasteiger partial charge in [0.1, 0.15) is 0 Å². The van der Waals surface area contributed by atoms with Crippen molar-refractivity contribution in [1.82, 2.24) is 9.55 Å². The molecule has 98 valence electrons. The second-order valence-corrected chi connectivity index (χ2v) is 4.75. The molecule has 5 nitrogen and oxygen atoms in total. The first-order valence-electron chi connectivity index (χ1n) is 6.41. The zero-order valence-corrected chi connectivity index (χ0v) is 10.5. The zero-order chi connectivity index (χ0) is 13.2. The first kappa shape index (κ1) is 11.9. The average molecular weight is 256 g/mol. The van der Waals surface area contributed by atoms with Gasteiger partial charge in [-0.25, -0.2) is 4.98 Å². The number of hydrogen-bond donors (Lipinski definition) is 2. The van der Waals surface area contributed by atoms with Gasteiger partial charge in [0.05, 0.1) is 0 Å². The second-order valence-electron chi connectivity index (χ2n) is 4.75. The Morgan fingerprint density at radius 3 is 3.00 bits per heavy atom. The minimum atomic E-state index is -0.0665. The van der Waals surface area contributed by atoms with E-state index in [0.717, 1.165) is 24.1 Å². The van der Waals surface area contributed by atoms with E-state index in [2.05, 4.69) is 10.3 Å². The van der Waals surface area contributed by atoms with Crippen LogP contribution in [0.25, 0.3) is 0 Å². The lowest BCUT2D eigenvalue weighted by Crippen LogP contribution is -2.22. The van der Waals surface area contributed by atoms with Gasteiger partial charge in [-0.05, 0) is 30.5 Å². The smallest absolute Gasteiger partial charge is 0.293 e. The molecule has 0 aliphatic heterocycles. The number of nitrogens with two attached hydrogens (primary N) is 1. The Kier molecular flexibility index (Phi) is 3.05. The summed E-state index contributed by atoms with van der Waals surface area (Å²) in [5.41, 5.74) is 7.39. The van der Waals surface area contributed by atoms with Gasteiger partial charge in [0, 0.05) is 30.7 Å². The molecule has 1 aromatic heterocycles. The summed E-state index contributed by atoms with van der Waals surface area (Å²) in [5, 5.41) is 3.07. The summed E-state index contributed by atoms with van der Waals surface area (Å²) in [5.74, 6) is 0.364. The van der Waals surface area contributed by atoms with Crippen molar-refractivity contribution in [1.29, 1.82) is 0 Å². The Labute approximate surface area is 111 Å². The molecule has 1 fully saturated rings. The third kappa shape index (κ3) is 2.51. The first-order valence-corrected chi connectivity index (χ1v) is 6.41. The van der Waals surface area contributed by atoms with Crippen LogP contribution in [0.2, 0.25) is 0 Å². The predicted octanol–water partition coefficient (Wildman–Crippen LogP) is 1.78. The monoisotopic (exact) mass is 256 g/mol. The van der Waals surface area contributed by atoms with Crippen molar-refractivity contribution < 1.29 is 0 Å². The summed E-state index contributed by atoms with van der Waals surface area (Å²) in [4.78, 5) is 16.3. The third-order valence-electron chi connectivity index (χ3n) is 3.23. The molecule has 0 saturated heterocycles. The molecule has 2 aromatic rings. The summed E-state index contributed by atoms with van der Waals surface area (Å²) in [6, 6.07) is 8.04. The number of nitrogens with zero attached hydrogens (tertiary/aromatic N) is 2. The molecule has 0 amide bonds. The van der Waals surface area contributed by atoms with E-state index >= 15 is 0 Å². The van der Waals surface area contributed by atoms with Crippen molar-refractivity contribution in [3.8, 4) is 0 Å². The third-order valence-corrected chi connectivity index (χ3v) is 3.23. The number of benzene rings is 1. The molecular weight excluding hydrogens is 240 g/mol. The standard InChI is InChI=1S/C14H16N4O/c15-9-10-2-1-3-11(8-10)17-13-14(19)18(7-6-16-13)12-4-5-12/h1-3,6-8,12H,4-5,9,15H2,(H,16,17). The van der Waals surface area contributed by atoms with Crippen molar-refractivity contribution in [2.45, 2.75) is 25.4 Å². The lowest BCUT2D eigenvalue weighted by molar-refractivity contribution is 0.701. The highest BCUT2D eigenvalue weighted by molar-refractivity contribution is 5.56. The summed E-state index contributed by atoms with van der Waals surface area (Å²) in [6.45, 7) is 0.476. The highest BCUT2D eigenvalue weighted by Crippen LogP contribution is 2.33. The van der Waals surface area contributed by atoms with E-state index in [-0.39, 0.29) is 5.56 Å². The highest BCUT2D eigenvalue weighted by atomic mass is 16.1. The van der Waals surface area contributed by atoms with Gasteiger partial charge >= 0.3 is 0 Å². The number of aromatic nitrogens is 2. The fourth-order valence-corrected chi connectivity index (χ4v) is 2.06. The second kappa shape index (κ2) is 4.85. The number of hydrogen-bond acceptors (Lipinski definition) is 4. The van der Waals surface area contributed by atoms with E-state index in [1.54, 1.807) is 17.0 Å². The Morgan fingerprint density at radius 2 is 2.26 bits per heavy atom. The summed E-state index contributed by atoms with van der Waals surface area (Å²) in [7, 11) is 0. The molecular formula is C14H16N4O. The molecule has 1 aromatic carbocycles. The van der Waals surface area contributed by atoms with Crippen LogP contribution >= 0.6 is 0 Å². The Hall–Kier alpha value is -2.14. The molecule has 1 heterocycles. The Balaban J connectivity index is 1.90. The minimum absolute atomic E-state index is 0.0665. The lowest BCUT2D eigenvalue weighted by Gasteiger charge is -2.09. The lowest BCUT2D eigenvalue weighted by atomic mass is 10.2. The topological polar surface area (TPSA) is 72.9 Å². The molecule has 3 N–H and O–H groups in total. The van der Waals surface area contributed by atoms with E-state index < -0.39 is 0 Å². The number of rotatable bonds is 4. The van der Waals surface area contributed by atoms with Crippen LogP contribution in [0.4, 0.5) is 11.5 Å². The van der Waals surface area contributed by atoms with Crippen molar-refractivity contribution in [3.05, 3.63) is 52.6 Å². The van der Waals surface area contributed by atoms with E-state index in [0.29, 0.717) is 18.4 Å². The average Bonchev–Trinajstić information content (AvgIpc) is 3.26. The summed E-state index contributed by atoms with van der Waals surface area (Å²) < 4.78 is 1.75. The van der Waals surface area contributed by atoms with E-state index in [9.17, 15) is 4.79 Å². The minimum Gasteiger partial charge on any atom is -0.336 e. The molecule has 0 radical (unpaired) electrons. The van der Waals surface area contributed by atoms with Gasteiger partial charge in [0.15, 0.2) is 5.82 Å². The quantitative estimate of drug-likeness (QED) is 0.874. The fraction of sp³-hybridized carbons (Fsp3) is 0.286. The van der Waals surface area contributed by atoms with Crippen LogP contribution in [-0.4, -0.2) is 9.55 Å². The van der Waals surface area contributed by atoms with Gasteiger partial charge in [-0.15, -0.1) is 0 Å². The molecule has 1 aliphatic rings. The zero-order valence-electron chi connectivity index (χ0n) is 10.5. The summed E-state index contributed by atoms with van der Waals surface area (Å²) in [6.07, 6.45) is 5.56. The van der Waals surface area contributed by atoms with Crippen molar-refractivity contribution in [2.24, 2.45) is 5.73 Å². The van der Waals surface area contributed by atoms with Gasteiger partial charge in [0.2, 0.25) is 0 Å². The van der Waals surface area contributed by atoms with Crippen molar-refractivity contribution in [2.75, 3.05) is 5.32 Å². The largest absolute Gasteiger partial charge is 0.336 e. The molecule has 0 bridgehead atoms. The number of anilines is 2. The van der Waals surface area contributed by atoms with Crippen LogP contribution in [0, 0.1) is 0 Å². The van der Waals surface area contributed by atoms with Crippen LogP contribution < -0.4 is 16.6 Å². The van der Waals surface area contributed by atoms with E-state index in [1.807, 2.05) is 24.3 Å². The fourth-order valence-electron chi connectivity index (χ4n) is 2.06. The van der Waals surface area contributed by atoms with Gasteiger partial charge in [-0.3, -0.25) is 4.79 Å². The van der Waals surface area contributed by atoms with Gasteiger partial charge < -0.3 is 15.6 Å².